The number of benzene rings is 2. The molecule has 0 bridgehead atoms. The number of amides is 1. The summed E-state index contributed by atoms with van der Waals surface area (Å²) in [6.07, 6.45) is 1.98. The summed E-state index contributed by atoms with van der Waals surface area (Å²) in [5, 5.41) is 2.83. The largest absolute Gasteiger partial charge is 0.348 e. The number of nitrogens with zero attached hydrogens (tertiary/aromatic N) is 2. The monoisotopic (exact) mass is 375 g/mol. The molecule has 2 aromatic carbocycles. The summed E-state index contributed by atoms with van der Waals surface area (Å²) in [6, 6.07) is 10.9. The third-order valence-corrected chi connectivity index (χ3v) is 4.68. The van der Waals surface area contributed by atoms with Gasteiger partial charge in [0, 0.05) is 0 Å². The number of carbonyl (C=O) groups excluding carboxylic acids is 1. The maximum atomic E-state index is 13.4. The Morgan fingerprint density at radius 2 is 2.00 bits per heavy atom. The van der Waals surface area contributed by atoms with Crippen LogP contribution in [0.4, 0.5) is 8.78 Å². The van der Waals surface area contributed by atoms with Crippen molar-refractivity contribution in [2.75, 3.05) is 6.26 Å². The second kappa shape index (κ2) is 7.86. The van der Waals surface area contributed by atoms with Gasteiger partial charge in [0.2, 0.25) is 5.91 Å². The average Bonchev–Trinajstić information content (AvgIpc) is 2.95. The third-order valence-electron chi connectivity index (χ3n) is 4.13. The van der Waals surface area contributed by atoms with Crippen LogP contribution in [0.3, 0.4) is 0 Å². The summed E-state index contributed by atoms with van der Waals surface area (Å²) in [4.78, 5) is 17.1. The molecule has 0 spiro atoms. The molecule has 26 heavy (non-hydrogen) atoms. The Hall–Kier alpha value is -2.41. The molecule has 0 aliphatic heterocycles. The van der Waals surface area contributed by atoms with E-state index in [2.05, 4.69) is 10.3 Å². The van der Waals surface area contributed by atoms with Crippen LogP contribution >= 0.6 is 11.8 Å². The SMILES string of the molecule is CSCc1nc2ccccc2n1CC(=O)NC(C)c1ccc(F)c(F)c1. The molecular weight excluding hydrogens is 356 g/mol. The highest BCUT2D eigenvalue weighted by Gasteiger charge is 2.16. The Balaban J connectivity index is 1.78. The minimum Gasteiger partial charge on any atom is -0.348 e. The fraction of sp³-hybridized carbons (Fsp3) is 0.263. The van der Waals surface area contributed by atoms with E-state index in [1.54, 1.807) is 18.7 Å². The topological polar surface area (TPSA) is 46.9 Å². The van der Waals surface area contributed by atoms with E-state index in [0.717, 1.165) is 29.0 Å². The molecule has 1 aromatic heterocycles. The second-order valence-electron chi connectivity index (χ2n) is 6.00. The molecule has 3 rings (SSSR count). The van der Waals surface area contributed by atoms with Crippen LogP contribution in [0.1, 0.15) is 24.4 Å². The van der Waals surface area contributed by atoms with Crippen LogP contribution in [0.25, 0.3) is 11.0 Å². The first-order chi connectivity index (χ1) is 12.5. The maximum absolute atomic E-state index is 13.4. The van der Waals surface area contributed by atoms with Gasteiger partial charge in [0.1, 0.15) is 12.4 Å². The molecule has 0 fully saturated rings. The number of carbonyl (C=O) groups is 1. The molecule has 1 amide bonds. The van der Waals surface area contributed by atoms with E-state index in [4.69, 9.17) is 0 Å². The van der Waals surface area contributed by atoms with E-state index >= 15 is 0 Å². The summed E-state index contributed by atoms with van der Waals surface area (Å²) in [5.74, 6) is -0.520. The quantitative estimate of drug-likeness (QED) is 0.707. The number of hydrogen-bond donors (Lipinski definition) is 1. The van der Waals surface area contributed by atoms with Gasteiger partial charge in [-0.3, -0.25) is 4.79 Å². The van der Waals surface area contributed by atoms with Crippen molar-refractivity contribution in [3.05, 3.63) is 65.5 Å². The summed E-state index contributed by atoms with van der Waals surface area (Å²) in [7, 11) is 0. The zero-order valence-corrected chi connectivity index (χ0v) is 15.3. The molecular formula is C19H19F2N3OS. The van der Waals surface area contributed by atoms with Gasteiger partial charge in [-0.15, -0.1) is 0 Å². The van der Waals surface area contributed by atoms with Crippen LogP contribution in [0, 0.1) is 11.6 Å². The Bertz CT molecular complexity index is 942. The lowest BCUT2D eigenvalue weighted by Crippen LogP contribution is -2.30. The van der Waals surface area contributed by atoms with Gasteiger partial charge < -0.3 is 9.88 Å². The fourth-order valence-corrected chi connectivity index (χ4v) is 3.32. The zero-order chi connectivity index (χ0) is 18.7. The van der Waals surface area contributed by atoms with Gasteiger partial charge in [-0.25, -0.2) is 13.8 Å². The lowest BCUT2D eigenvalue weighted by atomic mass is 10.1. The molecule has 0 aliphatic carbocycles. The van der Waals surface area contributed by atoms with E-state index in [9.17, 15) is 13.6 Å². The van der Waals surface area contributed by atoms with Crippen LogP contribution in [0.15, 0.2) is 42.5 Å². The lowest BCUT2D eigenvalue weighted by Gasteiger charge is -2.16. The van der Waals surface area contributed by atoms with Crippen molar-refractivity contribution >= 4 is 28.7 Å². The van der Waals surface area contributed by atoms with Crippen molar-refractivity contribution in [2.45, 2.75) is 25.3 Å². The Morgan fingerprint density at radius 1 is 1.23 bits per heavy atom. The van der Waals surface area contributed by atoms with Crippen LogP contribution < -0.4 is 5.32 Å². The van der Waals surface area contributed by atoms with Crippen LogP contribution in [-0.4, -0.2) is 21.7 Å². The molecule has 0 saturated heterocycles. The fourth-order valence-electron chi connectivity index (χ4n) is 2.84. The minimum absolute atomic E-state index is 0.115. The van der Waals surface area contributed by atoms with Gasteiger partial charge in [0.15, 0.2) is 11.6 Å². The molecule has 136 valence electrons. The first-order valence-electron chi connectivity index (χ1n) is 8.17. The van der Waals surface area contributed by atoms with Crippen molar-refractivity contribution in [1.29, 1.82) is 0 Å². The van der Waals surface area contributed by atoms with E-state index in [1.807, 2.05) is 35.1 Å². The van der Waals surface area contributed by atoms with Crippen LogP contribution in [-0.2, 0) is 17.1 Å². The van der Waals surface area contributed by atoms with Gasteiger partial charge in [0.25, 0.3) is 0 Å². The molecule has 1 heterocycles. The van der Waals surface area contributed by atoms with Crippen molar-refractivity contribution in [1.82, 2.24) is 14.9 Å². The van der Waals surface area contributed by atoms with Gasteiger partial charge >= 0.3 is 0 Å². The standard InChI is InChI=1S/C19H19F2N3OS/c1-12(13-7-8-14(20)15(21)9-13)22-19(25)10-24-17-6-4-3-5-16(17)23-18(24)11-26-2/h3-9,12H,10-11H2,1-2H3,(H,22,25). The number of hydrogen-bond acceptors (Lipinski definition) is 3. The molecule has 1 unspecified atom stereocenters. The normalized spacial score (nSPS) is 12.3. The highest BCUT2D eigenvalue weighted by Crippen LogP contribution is 2.20. The summed E-state index contributed by atoms with van der Waals surface area (Å²) >= 11 is 1.63. The Kier molecular flexibility index (Phi) is 5.56. The van der Waals surface area contributed by atoms with Crippen LogP contribution in [0.5, 0.6) is 0 Å². The van der Waals surface area contributed by atoms with Crippen LogP contribution in [0.2, 0.25) is 0 Å². The number of fused-ring (bicyclic) bond motifs is 1. The lowest BCUT2D eigenvalue weighted by molar-refractivity contribution is -0.122. The molecule has 7 heteroatoms. The minimum atomic E-state index is -0.925. The Labute approximate surface area is 154 Å². The molecule has 0 radical (unpaired) electrons. The molecule has 4 nitrogen and oxygen atoms in total. The third kappa shape index (κ3) is 3.88. The van der Waals surface area contributed by atoms with E-state index in [0.29, 0.717) is 11.3 Å². The summed E-state index contributed by atoms with van der Waals surface area (Å²) < 4.78 is 28.3. The first-order valence-corrected chi connectivity index (χ1v) is 9.56. The van der Waals surface area contributed by atoms with E-state index in [1.165, 1.54) is 6.07 Å². The van der Waals surface area contributed by atoms with Crippen molar-refractivity contribution in [3.8, 4) is 0 Å². The number of halogens is 2. The van der Waals surface area contributed by atoms with Gasteiger partial charge in [0.05, 0.1) is 22.8 Å². The number of para-hydroxylation sites is 2. The number of aromatic nitrogens is 2. The van der Waals surface area contributed by atoms with Crippen molar-refractivity contribution < 1.29 is 13.6 Å². The zero-order valence-electron chi connectivity index (χ0n) is 14.5. The van der Waals surface area contributed by atoms with E-state index < -0.39 is 17.7 Å². The molecule has 1 atom stereocenters. The maximum Gasteiger partial charge on any atom is 0.240 e. The molecule has 1 N–H and O–H groups in total. The summed E-state index contributed by atoms with van der Waals surface area (Å²) in [6.45, 7) is 1.85. The Morgan fingerprint density at radius 3 is 2.73 bits per heavy atom. The van der Waals surface area contributed by atoms with Crippen molar-refractivity contribution in [3.63, 3.8) is 0 Å². The van der Waals surface area contributed by atoms with Crippen molar-refractivity contribution in [2.24, 2.45) is 0 Å². The van der Waals surface area contributed by atoms with E-state index in [-0.39, 0.29) is 12.5 Å². The molecule has 0 aliphatic rings. The number of imidazole rings is 1. The molecule has 3 aromatic rings. The smallest absolute Gasteiger partial charge is 0.240 e. The number of thioether (sulfide) groups is 1. The number of nitrogens with one attached hydrogen (secondary N) is 1. The van der Waals surface area contributed by atoms with Gasteiger partial charge in [-0.1, -0.05) is 18.2 Å². The van der Waals surface area contributed by atoms with Gasteiger partial charge in [-0.2, -0.15) is 11.8 Å². The second-order valence-corrected chi connectivity index (χ2v) is 6.86. The predicted octanol–water partition coefficient (Wildman–Crippen LogP) is 4.05. The highest BCUT2D eigenvalue weighted by atomic mass is 32.2. The number of rotatable bonds is 6. The predicted molar refractivity (Wildman–Crippen MR) is 99.9 cm³/mol. The highest BCUT2D eigenvalue weighted by molar-refractivity contribution is 7.97. The summed E-state index contributed by atoms with van der Waals surface area (Å²) in [5.41, 5.74) is 2.25. The van der Waals surface area contributed by atoms with Gasteiger partial charge in [-0.05, 0) is 43.0 Å². The molecule has 0 saturated carbocycles. The average molecular weight is 375 g/mol. The first kappa shape index (κ1) is 18.4.